The first-order valence-corrected chi connectivity index (χ1v) is 9.35. The van der Waals surface area contributed by atoms with Crippen LogP contribution in [-0.4, -0.2) is 31.7 Å². The van der Waals surface area contributed by atoms with Crippen molar-refractivity contribution in [3.8, 4) is 5.75 Å². The molecule has 3 unspecified atom stereocenters. The van der Waals surface area contributed by atoms with Crippen LogP contribution in [0.5, 0.6) is 5.75 Å². The highest BCUT2D eigenvalue weighted by Crippen LogP contribution is 2.32. The number of nitrogens with two attached hydrogens (primary N) is 1. The van der Waals surface area contributed by atoms with Gasteiger partial charge in [0.25, 0.3) is 0 Å². The lowest BCUT2D eigenvalue weighted by atomic mass is 9.94. The van der Waals surface area contributed by atoms with E-state index in [1.807, 2.05) is 42.2 Å². The highest BCUT2D eigenvalue weighted by molar-refractivity contribution is 5.79. The van der Waals surface area contributed by atoms with Crippen molar-refractivity contribution in [2.24, 2.45) is 11.7 Å². The van der Waals surface area contributed by atoms with E-state index in [1.165, 1.54) is 6.07 Å². The molecule has 0 aliphatic carbocycles. The Balaban J connectivity index is 1.60. The zero-order chi connectivity index (χ0) is 20.1. The van der Waals surface area contributed by atoms with Gasteiger partial charge < -0.3 is 20.7 Å². The molecule has 7 heteroatoms. The Morgan fingerprint density at radius 2 is 1.86 bits per heavy atom. The van der Waals surface area contributed by atoms with Crippen LogP contribution in [0.15, 0.2) is 54.6 Å². The molecule has 1 heterocycles. The normalized spacial score (nSPS) is 18.8. The molecule has 0 saturated carbocycles. The Labute approximate surface area is 163 Å². The van der Waals surface area contributed by atoms with Gasteiger partial charge in [-0.15, -0.1) is 0 Å². The zero-order valence-corrected chi connectivity index (χ0v) is 15.7. The van der Waals surface area contributed by atoms with Gasteiger partial charge in [-0.2, -0.15) is 8.78 Å². The molecule has 3 N–H and O–H groups in total. The predicted molar refractivity (Wildman–Crippen MR) is 104 cm³/mol. The summed E-state index contributed by atoms with van der Waals surface area (Å²) in [6, 6.07) is 15.8. The molecule has 0 spiro atoms. The van der Waals surface area contributed by atoms with Crippen LogP contribution < -0.4 is 20.7 Å². The molecule has 3 rings (SSSR count). The maximum atomic E-state index is 12.6. The van der Waals surface area contributed by atoms with Gasteiger partial charge in [0.2, 0.25) is 5.91 Å². The Hall–Kier alpha value is -2.67. The molecule has 150 valence electrons. The Morgan fingerprint density at radius 3 is 2.57 bits per heavy atom. The van der Waals surface area contributed by atoms with Gasteiger partial charge in [-0.05, 0) is 24.1 Å². The number of nitrogens with zero attached hydrogens (tertiary/aromatic N) is 1. The van der Waals surface area contributed by atoms with Crippen molar-refractivity contribution >= 4 is 11.6 Å². The van der Waals surface area contributed by atoms with Gasteiger partial charge in [0.1, 0.15) is 5.75 Å². The van der Waals surface area contributed by atoms with Crippen LogP contribution in [0.2, 0.25) is 0 Å². The SMILES string of the molecule is CC(C(=O)NC1CCN(c2ccccc2OC(F)F)C1)C(N)c1ccccc1. The van der Waals surface area contributed by atoms with Crippen LogP contribution in [0.1, 0.15) is 24.9 Å². The van der Waals surface area contributed by atoms with Gasteiger partial charge >= 0.3 is 6.61 Å². The number of alkyl halides is 2. The van der Waals surface area contributed by atoms with Crippen molar-refractivity contribution in [3.05, 3.63) is 60.2 Å². The van der Waals surface area contributed by atoms with E-state index in [4.69, 9.17) is 5.73 Å². The molecule has 2 aromatic carbocycles. The molecule has 28 heavy (non-hydrogen) atoms. The van der Waals surface area contributed by atoms with Gasteiger partial charge in [0.05, 0.1) is 11.6 Å². The van der Waals surface area contributed by atoms with Gasteiger partial charge in [-0.1, -0.05) is 49.4 Å². The summed E-state index contributed by atoms with van der Waals surface area (Å²) >= 11 is 0. The van der Waals surface area contributed by atoms with Crippen LogP contribution in [0, 0.1) is 5.92 Å². The average molecular weight is 389 g/mol. The van der Waals surface area contributed by atoms with Crippen LogP contribution in [0.3, 0.4) is 0 Å². The monoisotopic (exact) mass is 389 g/mol. The molecular weight excluding hydrogens is 364 g/mol. The number of rotatable bonds is 7. The molecule has 1 fully saturated rings. The Kier molecular flexibility index (Phi) is 6.46. The van der Waals surface area contributed by atoms with Crippen LogP contribution in [0.4, 0.5) is 14.5 Å². The first-order chi connectivity index (χ1) is 13.5. The number of para-hydroxylation sites is 2. The van der Waals surface area contributed by atoms with Gasteiger partial charge in [0, 0.05) is 25.2 Å². The maximum Gasteiger partial charge on any atom is 0.387 e. The number of hydrogen-bond acceptors (Lipinski definition) is 4. The lowest BCUT2D eigenvalue weighted by molar-refractivity contribution is -0.125. The standard InChI is InChI=1S/C21H25F2N3O2/c1-14(19(24)15-7-3-2-4-8-15)20(27)25-16-11-12-26(13-16)17-9-5-6-10-18(17)28-21(22)23/h2-10,14,16,19,21H,11-13,24H2,1H3,(H,25,27). The van der Waals surface area contributed by atoms with E-state index in [-0.39, 0.29) is 29.7 Å². The second kappa shape index (κ2) is 9.01. The summed E-state index contributed by atoms with van der Waals surface area (Å²) in [5.41, 5.74) is 7.76. The zero-order valence-electron chi connectivity index (χ0n) is 15.7. The number of amides is 1. The van der Waals surface area contributed by atoms with Crippen molar-refractivity contribution in [1.29, 1.82) is 0 Å². The summed E-state index contributed by atoms with van der Waals surface area (Å²) in [4.78, 5) is 14.6. The quantitative estimate of drug-likeness (QED) is 0.762. The van der Waals surface area contributed by atoms with Crippen molar-refractivity contribution in [2.75, 3.05) is 18.0 Å². The third-order valence-electron chi connectivity index (χ3n) is 5.09. The summed E-state index contributed by atoms with van der Waals surface area (Å²) in [5.74, 6) is -0.352. The number of ether oxygens (including phenoxy) is 1. The van der Waals surface area contributed by atoms with Crippen molar-refractivity contribution in [3.63, 3.8) is 0 Å². The molecule has 1 saturated heterocycles. The minimum atomic E-state index is -2.88. The van der Waals surface area contributed by atoms with E-state index in [2.05, 4.69) is 10.1 Å². The number of anilines is 1. The molecule has 2 aromatic rings. The van der Waals surface area contributed by atoms with Crippen molar-refractivity contribution < 1.29 is 18.3 Å². The topological polar surface area (TPSA) is 67.6 Å². The fourth-order valence-electron chi connectivity index (χ4n) is 3.47. The molecule has 5 nitrogen and oxygen atoms in total. The number of nitrogens with one attached hydrogen (secondary N) is 1. The highest BCUT2D eigenvalue weighted by Gasteiger charge is 2.29. The number of hydrogen-bond donors (Lipinski definition) is 2. The second-order valence-corrected chi connectivity index (χ2v) is 7.01. The van der Waals surface area contributed by atoms with Crippen LogP contribution in [-0.2, 0) is 4.79 Å². The van der Waals surface area contributed by atoms with Crippen molar-refractivity contribution in [2.45, 2.75) is 32.0 Å². The summed E-state index contributed by atoms with van der Waals surface area (Å²) in [6.07, 6.45) is 0.724. The van der Waals surface area contributed by atoms with E-state index in [1.54, 1.807) is 18.2 Å². The number of benzene rings is 2. The Morgan fingerprint density at radius 1 is 1.18 bits per heavy atom. The summed E-state index contributed by atoms with van der Waals surface area (Å²) in [5, 5.41) is 3.04. The van der Waals surface area contributed by atoms with E-state index < -0.39 is 6.61 Å². The van der Waals surface area contributed by atoms with Crippen molar-refractivity contribution in [1.82, 2.24) is 5.32 Å². The molecule has 1 aliphatic rings. The van der Waals surface area contributed by atoms with Gasteiger partial charge in [-0.3, -0.25) is 4.79 Å². The first kappa shape index (κ1) is 20.1. The fraction of sp³-hybridized carbons (Fsp3) is 0.381. The lowest BCUT2D eigenvalue weighted by Gasteiger charge is -2.24. The molecule has 1 amide bonds. The highest BCUT2D eigenvalue weighted by atomic mass is 19.3. The second-order valence-electron chi connectivity index (χ2n) is 7.01. The minimum absolute atomic E-state index is 0.0717. The third kappa shape index (κ3) is 4.78. The molecule has 1 aliphatic heterocycles. The maximum absolute atomic E-state index is 12.6. The number of carbonyl (C=O) groups is 1. The van der Waals surface area contributed by atoms with E-state index >= 15 is 0 Å². The molecule has 0 aromatic heterocycles. The molecule has 3 atom stereocenters. The summed E-state index contributed by atoms with van der Waals surface area (Å²) < 4.78 is 29.9. The van der Waals surface area contributed by atoms with E-state index in [9.17, 15) is 13.6 Å². The summed E-state index contributed by atoms with van der Waals surface area (Å²) in [7, 11) is 0. The van der Waals surface area contributed by atoms with E-state index in [0.29, 0.717) is 18.8 Å². The van der Waals surface area contributed by atoms with Gasteiger partial charge in [0.15, 0.2) is 0 Å². The van der Waals surface area contributed by atoms with Crippen LogP contribution >= 0.6 is 0 Å². The smallest absolute Gasteiger partial charge is 0.387 e. The first-order valence-electron chi connectivity index (χ1n) is 9.35. The minimum Gasteiger partial charge on any atom is -0.433 e. The number of carbonyl (C=O) groups excluding carboxylic acids is 1. The predicted octanol–water partition coefficient (Wildman–Crippen LogP) is 3.32. The third-order valence-corrected chi connectivity index (χ3v) is 5.09. The molecule has 0 bridgehead atoms. The average Bonchev–Trinajstić information content (AvgIpc) is 3.15. The van der Waals surface area contributed by atoms with E-state index in [0.717, 1.165) is 12.0 Å². The van der Waals surface area contributed by atoms with Crippen LogP contribution in [0.25, 0.3) is 0 Å². The Bertz CT molecular complexity index is 788. The largest absolute Gasteiger partial charge is 0.433 e. The summed E-state index contributed by atoms with van der Waals surface area (Å²) in [6.45, 7) is 0.113. The lowest BCUT2D eigenvalue weighted by Crippen LogP contribution is -2.42. The molecule has 0 radical (unpaired) electrons. The fourth-order valence-corrected chi connectivity index (χ4v) is 3.47. The molecular formula is C21H25F2N3O2. The number of halogens is 2. The van der Waals surface area contributed by atoms with Gasteiger partial charge in [-0.25, -0.2) is 0 Å².